The van der Waals surface area contributed by atoms with Crippen molar-refractivity contribution in [2.75, 3.05) is 21.3 Å². The summed E-state index contributed by atoms with van der Waals surface area (Å²) in [5.74, 6) is -0.716. The van der Waals surface area contributed by atoms with Gasteiger partial charge in [0.1, 0.15) is 4.90 Å². The highest BCUT2D eigenvalue weighted by atomic mass is 79.9. The zero-order valence-corrected chi connectivity index (χ0v) is 15.3. The zero-order chi connectivity index (χ0) is 16.8. The van der Waals surface area contributed by atoms with E-state index in [1.165, 1.54) is 12.1 Å². The van der Waals surface area contributed by atoms with Crippen molar-refractivity contribution in [3.8, 4) is 0 Å². The molecule has 0 bridgehead atoms. The van der Waals surface area contributed by atoms with Crippen LogP contribution >= 0.6 is 31.9 Å². The molecule has 0 aromatic heterocycles. The monoisotopic (exact) mass is 456 g/mol. The third-order valence-electron chi connectivity index (χ3n) is 2.46. The molecule has 3 N–H and O–H groups in total. The van der Waals surface area contributed by atoms with Crippen LogP contribution in [0.1, 0.15) is 12.8 Å². The predicted octanol–water partition coefficient (Wildman–Crippen LogP) is 2.38. The Balaban J connectivity index is 3.09. The Labute approximate surface area is 144 Å². The highest BCUT2D eigenvalue weighted by Gasteiger charge is 2.18. The van der Waals surface area contributed by atoms with Gasteiger partial charge < -0.3 is 10.6 Å². The Hall–Kier alpha value is -0.970. The van der Waals surface area contributed by atoms with E-state index < -0.39 is 20.9 Å². The number of carbonyl (C=O) groups is 2. The minimum absolute atomic E-state index is 0.0491. The molecule has 0 saturated heterocycles. The van der Waals surface area contributed by atoms with Gasteiger partial charge in [-0.25, -0.2) is 0 Å². The molecule has 7 nitrogen and oxygen atoms in total. The molecule has 0 unspecified atom stereocenters. The molecular formula is C12H14Br2N2O5S. The van der Waals surface area contributed by atoms with Crippen molar-refractivity contribution >= 4 is 65.2 Å². The van der Waals surface area contributed by atoms with Crippen molar-refractivity contribution in [2.24, 2.45) is 0 Å². The van der Waals surface area contributed by atoms with Crippen LogP contribution in [0.3, 0.4) is 0 Å². The number of halogens is 2. The van der Waals surface area contributed by atoms with Gasteiger partial charge in [0, 0.05) is 29.2 Å². The van der Waals surface area contributed by atoms with Crippen LogP contribution in [0.15, 0.2) is 23.1 Å². The number of amides is 2. The number of hydrogen-bond donors (Lipinski definition) is 3. The van der Waals surface area contributed by atoms with Gasteiger partial charge >= 0.3 is 0 Å². The first kappa shape index (κ1) is 19.1. The van der Waals surface area contributed by atoms with Gasteiger partial charge in [-0.2, -0.15) is 8.42 Å². The molecule has 0 heterocycles. The van der Waals surface area contributed by atoms with Crippen LogP contribution in [0.25, 0.3) is 0 Å². The smallest absolute Gasteiger partial charge is 0.296 e. The van der Waals surface area contributed by atoms with E-state index in [4.69, 9.17) is 0 Å². The maximum Gasteiger partial charge on any atom is 0.296 e. The van der Waals surface area contributed by atoms with E-state index in [1.54, 1.807) is 0 Å². The lowest BCUT2D eigenvalue weighted by atomic mass is 10.2. The SMILES string of the molecule is O=C(CCBr)Nc1ccc(NC(=O)CCBr)c(S(=O)(=O)O)c1. The highest BCUT2D eigenvalue weighted by molar-refractivity contribution is 9.09. The lowest BCUT2D eigenvalue weighted by molar-refractivity contribution is -0.116. The summed E-state index contributed by atoms with van der Waals surface area (Å²) in [5.41, 5.74) is 0.156. The summed E-state index contributed by atoms with van der Waals surface area (Å²) in [7, 11) is -4.55. The van der Waals surface area contributed by atoms with Crippen LogP contribution in [0.4, 0.5) is 11.4 Å². The average molecular weight is 458 g/mol. The van der Waals surface area contributed by atoms with Crippen LogP contribution in [0.5, 0.6) is 0 Å². The predicted molar refractivity (Wildman–Crippen MR) is 90.3 cm³/mol. The van der Waals surface area contributed by atoms with E-state index in [9.17, 15) is 22.6 Å². The number of alkyl halides is 2. The Morgan fingerprint density at radius 2 is 1.59 bits per heavy atom. The number of hydrogen-bond acceptors (Lipinski definition) is 4. The second kappa shape index (κ2) is 8.61. The fourth-order valence-corrected chi connectivity index (χ4v) is 2.92. The first-order chi connectivity index (χ1) is 10.3. The summed E-state index contributed by atoms with van der Waals surface area (Å²) in [6, 6.07) is 3.83. The Kier molecular flexibility index (Phi) is 7.46. The molecule has 1 aromatic carbocycles. The summed E-state index contributed by atoms with van der Waals surface area (Å²) in [6.45, 7) is 0. The molecule has 2 amide bonds. The number of benzene rings is 1. The largest absolute Gasteiger partial charge is 0.326 e. The van der Waals surface area contributed by atoms with Gasteiger partial charge in [-0.15, -0.1) is 0 Å². The van der Waals surface area contributed by atoms with Gasteiger partial charge in [-0.3, -0.25) is 14.1 Å². The summed E-state index contributed by atoms with van der Waals surface area (Å²) in [4.78, 5) is 22.6. The van der Waals surface area contributed by atoms with Gasteiger partial charge in [0.05, 0.1) is 5.69 Å². The first-order valence-corrected chi connectivity index (χ1v) is 9.79. The Morgan fingerprint density at radius 3 is 2.09 bits per heavy atom. The van der Waals surface area contributed by atoms with Crippen LogP contribution in [-0.4, -0.2) is 35.4 Å². The van der Waals surface area contributed by atoms with Crippen molar-refractivity contribution in [3.63, 3.8) is 0 Å². The van der Waals surface area contributed by atoms with Crippen LogP contribution < -0.4 is 10.6 Å². The number of anilines is 2. The number of nitrogens with one attached hydrogen (secondary N) is 2. The molecule has 1 aromatic rings. The van der Waals surface area contributed by atoms with Gasteiger partial charge in [-0.05, 0) is 18.2 Å². The molecule has 0 aliphatic carbocycles. The molecule has 122 valence electrons. The summed E-state index contributed by atoms with van der Waals surface area (Å²) < 4.78 is 32.1. The van der Waals surface area contributed by atoms with Gasteiger partial charge in [0.25, 0.3) is 10.1 Å². The minimum atomic E-state index is -4.55. The van der Waals surface area contributed by atoms with E-state index in [2.05, 4.69) is 42.5 Å². The maximum atomic E-state index is 11.5. The summed E-state index contributed by atoms with van der Waals surface area (Å²) in [6.07, 6.45) is 0.361. The average Bonchev–Trinajstić information content (AvgIpc) is 2.39. The standard InChI is InChI=1S/C12H14Br2N2O5S/c13-5-3-11(17)15-8-1-2-9(16-12(18)4-6-14)10(7-8)22(19,20)21/h1-2,7H,3-6H2,(H,15,17)(H,16,18)(H,19,20,21). The van der Waals surface area contributed by atoms with Gasteiger partial charge in [0.15, 0.2) is 0 Å². The van der Waals surface area contributed by atoms with Crippen LogP contribution in [-0.2, 0) is 19.7 Å². The van der Waals surface area contributed by atoms with Crippen molar-refractivity contribution in [3.05, 3.63) is 18.2 Å². The third kappa shape index (κ3) is 6.03. The molecule has 0 aliphatic rings. The molecule has 0 radical (unpaired) electrons. The van der Waals surface area contributed by atoms with Gasteiger partial charge in [0.2, 0.25) is 11.8 Å². The molecule has 0 fully saturated rings. The van der Waals surface area contributed by atoms with Crippen molar-refractivity contribution in [1.29, 1.82) is 0 Å². The number of carbonyl (C=O) groups excluding carboxylic acids is 2. The van der Waals surface area contributed by atoms with E-state index in [-0.39, 0.29) is 30.1 Å². The maximum absolute atomic E-state index is 11.5. The van der Waals surface area contributed by atoms with Crippen molar-refractivity contribution in [1.82, 2.24) is 0 Å². The normalized spacial score (nSPS) is 11.0. The van der Waals surface area contributed by atoms with E-state index in [1.807, 2.05) is 0 Å². The van der Waals surface area contributed by atoms with Gasteiger partial charge in [-0.1, -0.05) is 31.9 Å². The van der Waals surface area contributed by atoms with E-state index in [0.29, 0.717) is 10.7 Å². The third-order valence-corrected chi connectivity index (χ3v) is 4.15. The molecule has 0 aliphatic heterocycles. The molecule has 0 atom stereocenters. The first-order valence-electron chi connectivity index (χ1n) is 6.11. The quantitative estimate of drug-likeness (QED) is 0.429. The van der Waals surface area contributed by atoms with Crippen LogP contribution in [0.2, 0.25) is 0 Å². The molecule has 22 heavy (non-hydrogen) atoms. The summed E-state index contributed by atoms with van der Waals surface area (Å²) in [5, 5.41) is 5.77. The van der Waals surface area contributed by atoms with Crippen molar-refractivity contribution < 1.29 is 22.6 Å². The van der Waals surface area contributed by atoms with E-state index >= 15 is 0 Å². The number of rotatable bonds is 7. The second-order valence-electron chi connectivity index (χ2n) is 4.16. The molecule has 0 spiro atoms. The van der Waals surface area contributed by atoms with Crippen LogP contribution in [0, 0.1) is 0 Å². The molecular weight excluding hydrogens is 444 g/mol. The Morgan fingerprint density at radius 1 is 1.05 bits per heavy atom. The lowest BCUT2D eigenvalue weighted by Crippen LogP contribution is -2.16. The van der Waals surface area contributed by atoms with Crippen molar-refractivity contribution in [2.45, 2.75) is 17.7 Å². The fraction of sp³-hybridized carbons (Fsp3) is 0.333. The Bertz CT molecular complexity index is 663. The second-order valence-corrected chi connectivity index (χ2v) is 7.14. The summed E-state index contributed by atoms with van der Waals surface area (Å²) >= 11 is 6.21. The molecule has 1 rings (SSSR count). The molecule has 10 heteroatoms. The highest BCUT2D eigenvalue weighted by Crippen LogP contribution is 2.25. The topological polar surface area (TPSA) is 113 Å². The zero-order valence-electron chi connectivity index (χ0n) is 11.3. The van der Waals surface area contributed by atoms with E-state index in [0.717, 1.165) is 6.07 Å². The fourth-order valence-electron chi connectivity index (χ4n) is 1.52. The lowest BCUT2D eigenvalue weighted by Gasteiger charge is -2.11. The molecule has 0 saturated carbocycles. The minimum Gasteiger partial charge on any atom is -0.326 e.